The van der Waals surface area contributed by atoms with Crippen molar-refractivity contribution >= 4 is 17.5 Å². The highest BCUT2D eigenvalue weighted by molar-refractivity contribution is 5.69. The average Bonchev–Trinajstić information content (AvgIpc) is 3.04. The first-order chi connectivity index (χ1) is 13.0. The van der Waals surface area contributed by atoms with Crippen LogP contribution in [0.1, 0.15) is 16.8 Å². The maximum absolute atomic E-state index is 4.84. The van der Waals surface area contributed by atoms with Gasteiger partial charge in [-0.15, -0.1) is 0 Å². The van der Waals surface area contributed by atoms with E-state index in [0.717, 1.165) is 47.2 Å². The fraction of sp³-hybridized carbons (Fsp3) is 0.350. The monoisotopic (exact) mass is 365 g/mol. The zero-order chi connectivity index (χ0) is 19.4. The number of H-pyrrole nitrogens is 1. The van der Waals surface area contributed by atoms with Gasteiger partial charge in [-0.2, -0.15) is 5.10 Å². The molecule has 0 aliphatic heterocycles. The maximum Gasteiger partial charge on any atom is 0.163 e. The van der Waals surface area contributed by atoms with Gasteiger partial charge in [0.2, 0.25) is 0 Å². The van der Waals surface area contributed by atoms with Gasteiger partial charge in [-0.1, -0.05) is 23.8 Å². The van der Waals surface area contributed by atoms with Gasteiger partial charge in [0.1, 0.15) is 11.6 Å². The van der Waals surface area contributed by atoms with Crippen molar-refractivity contribution in [3.8, 4) is 11.4 Å². The number of nitrogens with one attached hydrogen (secondary N) is 3. The van der Waals surface area contributed by atoms with Crippen molar-refractivity contribution in [1.82, 2.24) is 25.1 Å². The number of benzene rings is 1. The topological polar surface area (TPSA) is 81.8 Å². The van der Waals surface area contributed by atoms with Crippen LogP contribution in [0.15, 0.2) is 30.3 Å². The summed E-state index contributed by atoms with van der Waals surface area (Å²) in [5, 5.41) is 13.9. The smallest absolute Gasteiger partial charge is 0.163 e. The number of likely N-dealkylation sites (N-methyl/N-ethyl adjacent to an activating group) is 1. The van der Waals surface area contributed by atoms with Crippen LogP contribution >= 0.6 is 0 Å². The molecule has 142 valence electrons. The second kappa shape index (κ2) is 8.18. The summed E-state index contributed by atoms with van der Waals surface area (Å²) in [5.74, 6) is 3.04. The van der Waals surface area contributed by atoms with Crippen LogP contribution in [0.2, 0.25) is 0 Å². The van der Waals surface area contributed by atoms with Crippen LogP contribution in [0.25, 0.3) is 11.4 Å². The number of anilines is 3. The lowest BCUT2D eigenvalue weighted by atomic mass is 10.1. The van der Waals surface area contributed by atoms with Gasteiger partial charge in [0.15, 0.2) is 11.6 Å². The summed E-state index contributed by atoms with van der Waals surface area (Å²) in [5.41, 5.74) is 4.21. The molecule has 7 nitrogen and oxygen atoms in total. The standard InChI is InChI=1S/C20H27N7/c1-13-7-6-8-15(11-13)18-23-19(21-3)16(9-10-27(4)5)20(24-18)22-17-12-14(2)25-26-17/h6-8,11-12H,9-10H2,1-5H3,(H3,21,22,23,24,25,26). The zero-order valence-corrected chi connectivity index (χ0v) is 16.6. The molecule has 0 saturated carbocycles. The van der Waals surface area contributed by atoms with Crippen molar-refractivity contribution in [1.29, 1.82) is 0 Å². The van der Waals surface area contributed by atoms with Gasteiger partial charge in [0.25, 0.3) is 0 Å². The first kappa shape index (κ1) is 18.8. The minimum atomic E-state index is 0.686. The maximum atomic E-state index is 4.84. The van der Waals surface area contributed by atoms with E-state index in [9.17, 15) is 0 Å². The molecule has 0 aliphatic rings. The van der Waals surface area contributed by atoms with E-state index in [1.54, 1.807) is 0 Å². The Morgan fingerprint density at radius 3 is 2.48 bits per heavy atom. The Balaban J connectivity index is 2.07. The van der Waals surface area contributed by atoms with E-state index in [1.165, 1.54) is 5.56 Å². The lowest BCUT2D eigenvalue weighted by Crippen LogP contribution is -2.17. The van der Waals surface area contributed by atoms with Gasteiger partial charge in [-0.3, -0.25) is 5.10 Å². The minimum absolute atomic E-state index is 0.686. The molecule has 2 aromatic heterocycles. The van der Waals surface area contributed by atoms with Crippen LogP contribution in [-0.4, -0.2) is 52.8 Å². The van der Waals surface area contributed by atoms with Crippen LogP contribution in [0.5, 0.6) is 0 Å². The SMILES string of the molecule is CNc1nc(-c2cccc(C)c2)nc(Nc2cc(C)[nH]n2)c1CCN(C)C. The molecule has 0 unspecified atom stereocenters. The second-order valence-electron chi connectivity index (χ2n) is 6.96. The summed E-state index contributed by atoms with van der Waals surface area (Å²) in [6.07, 6.45) is 0.822. The van der Waals surface area contributed by atoms with Gasteiger partial charge >= 0.3 is 0 Å². The molecule has 2 heterocycles. The number of aromatic amines is 1. The van der Waals surface area contributed by atoms with Crippen LogP contribution < -0.4 is 10.6 Å². The van der Waals surface area contributed by atoms with E-state index in [2.05, 4.69) is 58.9 Å². The third-order valence-corrected chi connectivity index (χ3v) is 4.28. The highest BCUT2D eigenvalue weighted by Crippen LogP contribution is 2.28. The molecular formula is C20H27N7. The largest absolute Gasteiger partial charge is 0.373 e. The molecule has 0 saturated heterocycles. The highest BCUT2D eigenvalue weighted by Gasteiger charge is 2.16. The van der Waals surface area contributed by atoms with E-state index in [-0.39, 0.29) is 0 Å². The van der Waals surface area contributed by atoms with Gasteiger partial charge in [0.05, 0.1) is 0 Å². The molecule has 3 rings (SSSR count). The first-order valence-electron chi connectivity index (χ1n) is 9.05. The number of hydrogen-bond acceptors (Lipinski definition) is 6. The Hall–Kier alpha value is -2.93. The van der Waals surface area contributed by atoms with E-state index >= 15 is 0 Å². The predicted octanol–water partition coefficient (Wildman–Crippen LogP) is 3.37. The lowest BCUT2D eigenvalue weighted by molar-refractivity contribution is 0.414. The summed E-state index contributed by atoms with van der Waals surface area (Å²) < 4.78 is 0. The van der Waals surface area contributed by atoms with Crippen molar-refractivity contribution in [2.45, 2.75) is 20.3 Å². The predicted molar refractivity (Wildman–Crippen MR) is 111 cm³/mol. The van der Waals surface area contributed by atoms with Crippen molar-refractivity contribution < 1.29 is 0 Å². The lowest BCUT2D eigenvalue weighted by Gasteiger charge is -2.17. The van der Waals surface area contributed by atoms with Crippen LogP contribution in [0, 0.1) is 13.8 Å². The number of rotatable bonds is 7. The summed E-state index contributed by atoms with van der Waals surface area (Å²) in [6.45, 7) is 4.94. The molecule has 1 aromatic carbocycles. The molecule has 3 aromatic rings. The highest BCUT2D eigenvalue weighted by atomic mass is 15.2. The molecular weight excluding hydrogens is 338 g/mol. The molecule has 0 atom stereocenters. The van der Waals surface area contributed by atoms with E-state index in [1.807, 2.05) is 32.2 Å². The van der Waals surface area contributed by atoms with Gasteiger partial charge in [-0.05, 0) is 40.4 Å². The van der Waals surface area contributed by atoms with Gasteiger partial charge in [-0.25, -0.2) is 9.97 Å². The summed E-state index contributed by atoms with van der Waals surface area (Å²) in [6, 6.07) is 10.2. The van der Waals surface area contributed by atoms with Crippen LogP contribution in [0.3, 0.4) is 0 Å². The number of aryl methyl sites for hydroxylation is 2. The molecule has 0 fully saturated rings. The number of nitrogens with zero attached hydrogens (tertiary/aromatic N) is 4. The third kappa shape index (κ3) is 4.62. The molecule has 7 heteroatoms. The molecule has 3 N–H and O–H groups in total. The third-order valence-electron chi connectivity index (χ3n) is 4.28. The molecule has 0 spiro atoms. The van der Waals surface area contributed by atoms with Gasteiger partial charge in [0, 0.05) is 36.5 Å². The molecule has 0 radical (unpaired) electrons. The number of aromatic nitrogens is 4. The first-order valence-corrected chi connectivity index (χ1v) is 9.05. The zero-order valence-electron chi connectivity index (χ0n) is 16.6. The van der Waals surface area contributed by atoms with E-state index in [4.69, 9.17) is 9.97 Å². The Labute approximate surface area is 160 Å². The van der Waals surface area contributed by atoms with Crippen molar-refractivity contribution in [3.63, 3.8) is 0 Å². The fourth-order valence-electron chi connectivity index (χ4n) is 2.88. The molecule has 0 aliphatic carbocycles. The van der Waals surface area contributed by atoms with Crippen molar-refractivity contribution in [2.24, 2.45) is 0 Å². The van der Waals surface area contributed by atoms with Crippen LogP contribution in [0.4, 0.5) is 17.5 Å². The molecule has 0 bridgehead atoms. The Morgan fingerprint density at radius 1 is 1.07 bits per heavy atom. The van der Waals surface area contributed by atoms with Crippen LogP contribution in [-0.2, 0) is 6.42 Å². The van der Waals surface area contributed by atoms with E-state index in [0.29, 0.717) is 5.82 Å². The van der Waals surface area contributed by atoms with Crippen molar-refractivity contribution in [3.05, 3.63) is 47.2 Å². The van der Waals surface area contributed by atoms with E-state index < -0.39 is 0 Å². The number of hydrogen-bond donors (Lipinski definition) is 3. The summed E-state index contributed by atoms with van der Waals surface area (Å²) in [4.78, 5) is 11.8. The molecule has 0 amide bonds. The Morgan fingerprint density at radius 2 is 1.85 bits per heavy atom. The normalized spacial score (nSPS) is 11.0. The Kier molecular flexibility index (Phi) is 5.71. The second-order valence-corrected chi connectivity index (χ2v) is 6.96. The Bertz CT molecular complexity index is 914. The molecule has 27 heavy (non-hydrogen) atoms. The fourth-order valence-corrected chi connectivity index (χ4v) is 2.88. The minimum Gasteiger partial charge on any atom is -0.373 e. The van der Waals surface area contributed by atoms with Crippen molar-refractivity contribution in [2.75, 3.05) is 38.3 Å². The average molecular weight is 365 g/mol. The summed E-state index contributed by atoms with van der Waals surface area (Å²) in [7, 11) is 6.01. The van der Waals surface area contributed by atoms with Gasteiger partial charge < -0.3 is 15.5 Å². The summed E-state index contributed by atoms with van der Waals surface area (Å²) >= 11 is 0. The quantitative estimate of drug-likeness (QED) is 0.595.